The maximum Gasteiger partial charge on any atom is 0.335 e. The number of carboxylic acids is 1. The molecule has 3 aromatic carbocycles. The second-order valence-corrected chi connectivity index (χ2v) is 7.85. The van der Waals surface area contributed by atoms with Crippen molar-refractivity contribution in [2.75, 3.05) is 0 Å². The zero-order chi connectivity index (χ0) is 23.4. The molecule has 1 atom stereocenters. The van der Waals surface area contributed by atoms with Crippen molar-refractivity contribution in [3.63, 3.8) is 0 Å². The molecule has 0 aliphatic heterocycles. The van der Waals surface area contributed by atoms with E-state index in [1.54, 1.807) is 36.8 Å². The van der Waals surface area contributed by atoms with Crippen LogP contribution in [-0.4, -0.2) is 20.6 Å². The molecule has 33 heavy (non-hydrogen) atoms. The molecule has 0 spiro atoms. The first kappa shape index (κ1) is 22.0. The lowest BCUT2D eigenvalue weighted by molar-refractivity contribution is 0.0620. The summed E-state index contributed by atoms with van der Waals surface area (Å²) in [6.45, 7) is 2.31. The van der Waals surface area contributed by atoms with E-state index in [1.807, 2.05) is 61.0 Å². The Labute approximate surface area is 192 Å². The summed E-state index contributed by atoms with van der Waals surface area (Å²) < 4.78 is 8.25. The van der Waals surface area contributed by atoms with Crippen LogP contribution in [-0.2, 0) is 18.4 Å². The molecular weight excluding hydrogens is 414 g/mol. The summed E-state index contributed by atoms with van der Waals surface area (Å²) >= 11 is 0. The molecule has 0 aliphatic carbocycles. The molecule has 0 bridgehead atoms. The third-order valence-electron chi connectivity index (χ3n) is 5.64. The van der Waals surface area contributed by atoms with Crippen LogP contribution in [0.25, 0.3) is 11.1 Å². The zero-order valence-corrected chi connectivity index (χ0v) is 18.4. The number of nitriles is 1. The van der Waals surface area contributed by atoms with Gasteiger partial charge in [-0.2, -0.15) is 5.26 Å². The van der Waals surface area contributed by atoms with Crippen molar-refractivity contribution in [1.29, 1.82) is 5.26 Å². The van der Waals surface area contributed by atoms with Gasteiger partial charge in [-0.15, -0.1) is 0 Å². The fourth-order valence-corrected chi connectivity index (χ4v) is 3.82. The number of rotatable bonds is 7. The predicted molar refractivity (Wildman–Crippen MR) is 125 cm³/mol. The van der Waals surface area contributed by atoms with Crippen LogP contribution >= 0.6 is 0 Å². The monoisotopic (exact) mass is 437 g/mol. The number of aromatic carboxylic acids is 1. The van der Waals surface area contributed by atoms with Gasteiger partial charge in [-0.1, -0.05) is 42.5 Å². The summed E-state index contributed by atoms with van der Waals surface area (Å²) in [7, 11) is 1.91. The molecule has 4 aromatic rings. The van der Waals surface area contributed by atoms with Crippen molar-refractivity contribution < 1.29 is 14.6 Å². The lowest BCUT2D eigenvalue weighted by Crippen LogP contribution is -2.11. The number of carboxylic acid groups (broad SMARTS) is 1. The van der Waals surface area contributed by atoms with Gasteiger partial charge in [0.05, 0.1) is 42.0 Å². The topological polar surface area (TPSA) is 88.1 Å². The van der Waals surface area contributed by atoms with Crippen LogP contribution in [0.2, 0.25) is 0 Å². The van der Waals surface area contributed by atoms with E-state index in [1.165, 1.54) is 0 Å². The van der Waals surface area contributed by atoms with Crippen molar-refractivity contribution in [2.45, 2.75) is 19.6 Å². The highest BCUT2D eigenvalue weighted by Crippen LogP contribution is 2.33. The third-order valence-corrected chi connectivity index (χ3v) is 5.64. The van der Waals surface area contributed by atoms with Crippen LogP contribution in [0.15, 0.2) is 79.3 Å². The first-order valence-corrected chi connectivity index (χ1v) is 10.5. The quantitative estimate of drug-likeness (QED) is 0.425. The number of nitrogens with zero attached hydrogens (tertiary/aromatic N) is 3. The van der Waals surface area contributed by atoms with Crippen molar-refractivity contribution in [2.24, 2.45) is 7.05 Å². The van der Waals surface area contributed by atoms with Gasteiger partial charge in [-0.3, -0.25) is 0 Å². The lowest BCUT2D eigenvalue weighted by atomic mass is 9.93. The van der Waals surface area contributed by atoms with E-state index in [9.17, 15) is 10.1 Å². The van der Waals surface area contributed by atoms with E-state index in [0.717, 1.165) is 33.5 Å². The number of hydrogen-bond donors (Lipinski definition) is 1. The van der Waals surface area contributed by atoms with E-state index in [-0.39, 0.29) is 12.2 Å². The highest BCUT2D eigenvalue weighted by molar-refractivity contribution is 5.87. The molecule has 6 heteroatoms. The van der Waals surface area contributed by atoms with Gasteiger partial charge in [0.25, 0.3) is 0 Å². The molecule has 0 fully saturated rings. The Morgan fingerprint density at radius 1 is 1.12 bits per heavy atom. The Kier molecular flexibility index (Phi) is 6.34. The van der Waals surface area contributed by atoms with Crippen LogP contribution in [0.5, 0.6) is 0 Å². The summed E-state index contributed by atoms with van der Waals surface area (Å²) in [5, 5.41) is 18.8. The molecule has 1 N–H and O–H groups in total. The Morgan fingerprint density at radius 3 is 2.52 bits per heavy atom. The minimum absolute atomic E-state index is 0.233. The fraction of sp³-hybridized carbons (Fsp3) is 0.148. The zero-order valence-electron chi connectivity index (χ0n) is 18.4. The molecular formula is C27H23N3O3. The molecule has 0 amide bonds. The van der Waals surface area contributed by atoms with E-state index >= 15 is 0 Å². The molecule has 0 radical (unpaired) electrons. The van der Waals surface area contributed by atoms with Crippen LogP contribution in [0.4, 0.5) is 0 Å². The van der Waals surface area contributed by atoms with Crippen molar-refractivity contribution in [3.05, 3.63) is 113 Å². The molecule has 164 valence electrons. The van der Waals surface area contributed by atoms with Crippen molar-refractivity contribution in [3.8, 4) is 17.2 Å². The molecule has 1 heterocycles. The highest BCUT2D eigenvalue weighted by atomic mass is 16.5. The van der Waals surface area contributed by atoms with Crippen LogP contribution in [0.3, 0.4) is 0 Å². The van der Waals surface area contributed by atoms with E-state index in [4.69, 9.17) is 9.84 Å². The van der Waals surface area contributed by atoms with Gasteiger partial charge in [-0.25, -0.2) is 9.78 Å². The van der Waals surface area contributed by atoms with Gasteiger partial charge in [0.15, 0.2) is 0 Å². The normalized spacial score (nSPS) is 11.7. The summed E-state index contributed by atoms with van der Waals surface area (Å²) in [6, 6.07) is 22.7. The number of imidazole rings is 1. The van der Waals surface area contributed by atoms with Crippen molar-refractivity contribution >= 4 is 5.97 Å². The fourth-order valence-electron chi connectivity index (χ4n) is 3.82. The molecule has 0 saturated carbocycles. The number of benzene rings is 3. The first-order valence-electron chi connectivity index (χ1n) is 10.5. The summed E-state index contributed by atoms with van der Waals surface area (Å²) in [5.74, 6) is -0.962. The van der Waals surface area contributed by atoms with Gasteiger partial charge in [0.1, 0.15) is 6.10 Å². The standard InChI is InChI=1S/C27H23N3O3/c1-18-5-3-4-6-23(18)24-13-21(11-12-22(24)14-28)26(25-15-29-17-30(25)2)33-16-19-7-9-20(10-8-19)27(31)32/h3-13,15,17,26H,16H2,1-2H3,(H,31,32). The largest absolute Gasteiger partial charge is 0.478 e. The maximum atomic E-state index is 11.1. The van der Waals surface area contributed by atoms with Gasteiger partial charge in [0, 0.05) is 12.6 Å². The first-order chi connectivity index (χ1) is 16.0. The Balaban J connectivity index is 1.72. The highest BCUT2D eigenvalue weighted by Gasteiger charge is 2.21. The smallest absolute Gasteiger partial charge is 0.335 e. The Morgan fingerprint density at radius 2 is 1.88 bits per heavy atom. The number of aryl methyl sites for hydroxylation is 2. The average molecular weight is 437 g/mol. The molecule has 0 saturated heterocycles. The van der Waals surface area contributed by atoms with Crippen LogP contribution in [0.1, 0.15) is 44.4 Å². The Bertz CT molecular complexity index is 1330. The van der Waals surface area contributed by atoms with Gasteiger partial charge < -0.3 is 14.4 Å². The molecule has 4 rings (SSSR count). The lowest BCUT2D eigenvalue weighted by Gasteiger charge is -2.21. The summed E-state index contributed by atoms with van der Waals surface area (Å²) in [4.78, 5) is 15.4. The molecule has 6 nitrogen and oxygen atoms in total. The van der Waals surface area contributed by atoms with Gasteiger partial charge >= 0.3 is 5.97 Å². The Hall–Kier alpha value is -4.21. The minimum Gasteiger partial charge on any atom is -0.478 e. The number of carbonyl (C=O) groups is 1. The second kappa shape index (κ2) is 9.51. The minimum atomic E-state index is -0.962. The van der Waals surface area contributed by atoms with E-state index < -0.39 is 12.1 Å². The van der Waals surface area contributed by atoms with E-state index in [0.29, 0.717) is 5.56 Å². The van der Waals surface area contributed by atoms with Gasteiger partial charge in [0.2, 0.25) is 0 Å². The molecule has 0 aliphatic rings. The van der Waals surface area contributed by atoms with Crippen LogP contribution < -0.4 is 0 Å². The van der Waals surface area contributed by atoms with Crippen molar-refractivity contribution in [1.82, 2.24) is 9.55 Å². The summed E-state index contributed by atoms with van der Waals surface area (Å²) in [5.41, 5.74) is 6.41. The molecule has 1 aromatic heterocycles. The third kappa shape index (κ3) is 4.69. The maximum absolute atomic E-state index is 11.1. The second-order valence-electron chi connectivity index (χ2n) is 7.85. The predicted octanol–water partition coefficient (Wildman–Crippen LogP) is 5.27. The number of aromatic nitrogens is 2. The van der Waals surface area contributed by atoms with Crippen LogP contribution in [0, 0.1) is 18.3 Å². The summed E-state index contributed by atoms with van der Waals surface area (Å²) in [6.07, 6.45) is 3.07. The number of ether oxygens (including phenoxy) is 1. The molecule has 1 unspecified atom stereocenters. The van der Waals surface area contributed by atoms with Gasteiger partial charge in [-0.05, 0) is 53.4 Å². The number of hydrogen-bond acceptors (Lipinski definition) is 4. The van der Waals surface area contributed by atoms with E-state index in [2.05, 4.69) is 11.1 Å². The average Bonchev–Trinajstić information content (AvgIpc) is 3.25. The SMILES string of the molecule is Cc1ccccc1-c1cc(C(OCc2ccc(C(=O)O)cc2)c2cncn2C)ccc1C#N.